The normalized spacial score (nSPS) is 27.4. The predicted molar refractivity (Wildman–Crippen MR) is 69.7 cm³/mol. The highest BCUT2D eigenvalue weighted by molar-refractivity contribution is 4.81. The maximum atomic E-state index is 5.43. The first-order chi connectivity index (χ1) is 7.44. The molecular formula is C14H29NO. The van der Waals surface area contributed by atoms with Crippen LogP contribution in [0.1, 0.15) is 53.4 Å². The molecule has 96 valence electrons. The van der Waals surface area contributed by atoms with Crippen molar-refractivity contribution in [1.29, 1.82) is 0 Å². The summed E-state index contributed by atoms with van der Waals surface area (Å²) < 4.78 is 5.43. The molecule has 0 spiro atoms. The molecule has 1 saturated carbocycles. The van der Waals surface area contributed by atoms with Crippen LogP contribution in [0.25, 0.3) is 0 Å². The zero-order valence-corrected chi connectivity index (χ0v) is 11.7. The second-order valence-corrected chi connectivity index (χ2v) is 6.20. The van der Waals surface area contributed by atoms with Gasteiger partial charge in [0.2, 0.25) is 0 Å². The van der Waals surface area contributed by atoms with Gasteiger partial charge in [-0.2, -0.15) is 0 Å². The largest absolute Gasteiger partial charge is 0.377 e. The Balaban J connectivity index is 2.22. The third-order valence-electron chi connectivity index (χ3n) is 4.08. The first-order valence-electron chi connectivity index (χ1n) is 6.73. The van der Waals surface area contributed by atoms with E-state index in [9.17, 15) is 0 Å². The van der Waals surface area contributed by atoms with Crippen molar-refractivity contribution in [3.63, 3.8) is 0 Å². The average molecular weight is 227 g/mol. The van der Waals surface area contributed by atoms with Gasteiger partial charge in [-0.3, -0.25) is 0 Å². The molecular weight excluding hydrogens is 198 g/mol. The Morgan fingerprint density at radius 3 is 2.19 bits per heavy atom. The van der Waals surface area contributed by atoms with Crippen molar-refractivity contribution in [2.45, 2.75) is 65.0 Å². The molecule has 2 heteroatoms. The zero-order chi connectivity index (χ0) is 12.2. The van der Waals surface area contributed by atoms with Gasteiger partial charge in [-0.05, 0) is 51.4 Å². The van der Waals surface area contributed by atoms with E-state index in [1.165, 1.54) is 25.7 Å². The molecule has 0 aromatic heterocycles. The molecule has 0 saturated heterocycles. The van der Waals surface area contributed by atoms with Crippen LogP contribution < -0.4 is 5.32 Å². The van der Waals surface area contributed by atoms with Gasteiger partial charge in [0.1, 0.15) is 0 Å². The van der Waals surface area contributed by atoms with Gasteiger partial charge in [-0.15, -0.1) is 0 Å². The van der Waals surface area contributed by atoms with Crippen molar-refractivity contribution in [3.05, 3.63) is 0 Å². The highest BCUT2D eigenvalue weighted by Gasteiger charge is 2.24. The summed E-state index contributed by atoms with van der Waals surface area (Å²) in [5, 5.41) is 3.65. The predicted octanol–water partition coefficient (Wildman–Crippen LogP) is 3.22. The van der Waals surface area contributed by atoms with E-state index < -0.39 is 0 Å². The van der Waals surface area contributed by atoms with E-state index in [0.717, 1.165) is 18.4 Å². The van der Waals surface area contributed by atoms with Gasteiger partial charge in [0.25, 0.3) is 0 Å². The molecule has 0 unspecified atom stereocenters. The summed E-state index contributed by atoms with van der Waals surface area (Å²) in [6.45, 7) is 9.94. The number of hydrogen-bond donors (Lipinski definition) is 1. The molecule has 1 aliphatic rings. The van der Waals surface area contributed by atoms with Crippen molar-refractivity contribution in [2.24, 2.45) is 11.8 Å². The Morgan fingerprint density at radius 1 is 1.19 bits per heavy atom. The van der Waals surface area contributed by atoms with Crippen molar-refractivity contribution < 1.29 is 4.74 Å². The number of ether oxygens (including phenoxy) is 1. The van der Waals surface area contributed by atoms with Gasteiger partial charge in [-0.1, -0.05) is 13.8 Å². The van der Waals surface area contributed by atoms with Crippen molar-refractivity contribution >= 4 is 0 Å². The molecule has 1 fully saturated rings. The van der Waals surface area contributed by atoms with Crippen molar-refractivity contribution in [3.8, 4) is 0 Å². The summed E-state index contributed by atoms with van der Waals surface area (Å²) in [6.07, 6.45) is 5.46. The fourth-order valence-electron chi connectivity index (χ4n) is 2.45. The summed E-state index contributed by atoms with van der Waals surface area (Å²) >= 11 is 0. The lowest BCUT2D eigenvalue weighted by Crippen LogP contribution is -2.43. The minimum atomic E-state index is -0.0328. The molecule has 0 radical (unpaired) electrons. The zero-order valence-electron chi connectivity index (χ0n) is 11.7. The monoisotopic (exact) mass is 227 g/mol. The van der Waals surface area contributed by atoms with Gasteiger partial charge in [0, 0.05) is 19.7 Å². The van der Waals surface area contributed by atoms with E-state index in [0.29, 0.717) is 6.04 Å². The van der Waals surface area contributed by atoms with Crippen LogP contribution in [0.2, 0.25) is 0 Å². The van der Waals surface area contributed by atoms with Crippen LogP contribution in [0.4, 0.5) is 0 Å². The van der Waals surface area contributed by atoms with Crippen molar-refractivity contribution in [2.75, 3.05) is 13.7 Å². The van der Waals surface area contributed by atoms with Crippen LogP contribution in [0.15, 0.2) is 0 Å². The molecule has 16 heavy (non-hydrogen) atoms. The molecule has 1 aliphatic carbocycles. The smallest absolute Gasteiger partial charge is 0.0746 e. The maximum Gasteiger partial charge on any atom is 0.0746 e. The quantitative estimate of drug-likeness (QED) is 0.778. The fourth-order valence-corrected chi connectivity index (χ4v) is 2.45. The van der Waals surface area contributed by atoms with Gasteiger partial charge in [0.05, 0.1) is 5.60 Å². The Bertz CT molecular complexity index is 193. The molecule has 2 nitrogen and oxygen atoms in total. The van der Waals surface area contributed by atoms with E-state index >= 15 is 0 Å². The van der Waals surface area contributed by atoms with E-state index in [-0.39, 0.29) is 5.60 Å². The number of methoxy groups -OCH3 is 1. The number of hydrogen-bond acceptors (Lipinski definition) is 2. The molecule has 0 heterocycles. The van der Waals surface area contributed by atoms with Crippen molar-refractivity contribution in [1.82, 2.24) is 5.32 Å². The summed E-state index contributed by atoms with van der Waals surface area (Å²) in [5.74, 6) is 1.81. The number of rotatable bonds is 5. The summed E-state index contributed by atoms with van der Waals surface area (Å²) in [6, 6.07) is 0.712. The Kier molecular flexibility index (Phi) is 5.26. The highest BCUT2D eigenvalue weighted by atomic mass is 16.5. The highest BCUT2D eigenvalue weighted by Crippen LogP contribution is 2.29. The van der Waals surface area contributed by atoms with Gasteiger partial charge >= 0.3 is 0 Å². The minimum Gasteiger partial charge on any atom is -0.377 e. The van der Waals surface area contributed by atoms with E-state index in [1.807, 2.05) is 0 Å². The first kappa shape index (κ1) is 14.0. The molecule has 0 aromatic carbocycles. The summed E-state index contributed by atoms with van der Waals surface area (Å²) in [5.41, 5.74) is -0.0328. The second kappa shape index (κ2) is 6.02. The third-order valence-corrected chi connectivity index (χ3v) is 4.08. The Hall–Kier alpha value is -0.0800. The van der Waals surface area contributed by atoms with Crippen LogP contribution in [-0.2, 0) is 4.74 Å². The van der Waals surface area contributed by atoms with Gasteiger partial charge < -0.3 is 10.1 Å². The fraction of sp³-hybridized carbons (Fsp3) is 1.00. The Labute approximate surface area is 101 Å². The van der Waals surface area contributed by atoms with E-state index in [4.69, 9.17) is 4.74 Å². The molecule has 0 amide bonds. The van der Waals surface area contributed by atoms with Crippen LogP contribution in [-0.4, -0.2) is 25.3 Å². The summed E-state index contributed by atoms with van der Waals surface area (Å²) in [7, 11) is 1.79. The lowest BCUT2D eigenvalue weighted by Gasteiger charge is -2.33. The molecule has 1 N–H and O–H groups in total. The topological polar surface area (TPSA) is 21.3 Å². The van der Waals surface area contributed by atoms with Crippen LogP contribution in [0.3, 0.4) is 0 Å². The van der Waals surface area contributed by atoms with Crippen LogP contribution in [0.5, 0.6) is 0 Å². The van der Waals surface area contributed by atoms with Crippen LogP contribution in [0, 0.1) is 11.8 Å². The SMILES string of the molecule is COC(C)(C)CNC1CCC(C(C)C)CC1. The van der Waals surface area contributed by atoms with E-state index in [2.05, 4.69) is 33.0 Å². The minimum absolute atomic E-state index is 0.0328. The lowest BCUT2D eigenvalue weighted by molar-refractivity contribution is 0.0193. The average Bonchev–Trinajstić information content (AvgIpc) is 2.27. The first-order valence-corrected chi connectivity index (χ1v) is 6.73. The van der Waals surface area contributed by atoms with Gasteiger partial charge in [-0.25, -0.2) is 0 Å². The standard InChI is InChI=1S/C14H29NO/c1-11(2)12-6-8-13(9-7-12)15-10-14(3,4)16-5/h11-13,15H,6-10H2,1-5H3. The summed E-state index contributed by atoms with van der Waals surface area (Å²) in [4.78, 5) is 0. The van der Waals surface area contributed by atoms with Gasteiger partial charge in [0.15, 0.2) is 0 Å². The third kappa shape index (κ3) is 4.42. The van der Waals surface area contributed by atoms with Crippen LogP contribution >= 0.6 is 0 Å². The molecule has 0 atom stereocenters. The maximum absolute atomic E-state index is 5.43. The van der Waals surface area contributed by atoms with E-state index in [1.54, 1.807) is 7.11 Å². The molecule has 0 aromatic rings. The Morgan fingerprint density at radius 2 is 1.75 bits per heavy atom. The molecule has 0 aliphatic heterocycles. The number of nitrogens with one attached hydrogen (secondary N) is 1. The second-order valence-electron chi connectivity index (χ2n) is 6.20. The lowest BCUT2D eigenvalue weighted by atomic mass is 9.79. The molecule has 0 bridgehead atoms. The molecule has 1 rings (SSSR count).